The highest BCUT2D eigenvalue weighted by atomic mass is 15.7. The fraction of sp³-hybridized carbons (Fsp3) is 0.333. The molecule has 0 saturated carbocycles. The molecule has 2 atom stereocenters. The molecule has 1 aromatic heterocycles. The molecule has 1 aliphatic heterocycles. The smallest absolute Gasteiger partial charge is 0.227 e. The van der Waals surface area contributed by atoms with Crippen LogP contribution in [0.1, 0.15) is 34.3 Å². The van der Waals surface area contributed by atoms with Crippen LogP contribution in [0, 0.1) is 0 Å². The zero-order chi connectivity index (χ0) is 17.0. The van der Waals surface area contributed by atoms with Gasteiger partial charge in [0, 0.05) is 25.7 Å². The van der Waals surface area contributed by atoms with Crippen molar-refractivity contribution in [2.75, 3.05) is 5.32 Å². The average molecular weight is 324 g/mol. The van der Waals surface area contributed by atoms with E-state index in [0.717, 1.165) is 17.8 Å². The number of anilines is 2. The van der Waals surface area contributed by atoms with Crippen molar-refractivity contribution in [3.05, 3.63) is 48.3 Å². The van der Waals surface area contributed by atoms with Gasteiger partial charge in [-0.2, -0.15) is 15.3 Å². The summed E-state index contributed by atoms with van der Waals surface area (Å²) in [6.07, 6.45) is 6.44. The van der Waals surface area contributed by atoms with Gasteiger partial charge in [-0.05, 0) is 38.5 Å². The van der Waals surface area contributed by atoms with Gasteiger partial charge in [0.05, 0.1) is 17.2 Å². The largest absolute Gasteiger partial charge is 0.324 e. The summed E-state index contributed by atoms with van der Waals surface area (Å²) in [6.45, 7) is 6.28. The van der Waals surface area contributed by atoms with Gasteiger partial charge in [0.15, 0.2) is 0 Å². The molecule has 1 aliphatic rings. The first kappa shape index (κ1) is 16.1. The second-order valence-electron chi connectivity index (χ2n) is 5.99. The molecule has 126 valence electrons. The van der Waals surface area contributed by atoms with E-state index >= 15 is 0 Å². The van der Waals surface area contributed by atoms with E-state index < -0.39 is 0 Å². The van der Waals surface area contributed by atoms with Crippen molar-refractivity contribution in [1.82, 2.24) is 15.1 Å². The highest BCUT2D eigenvalue weighted by Crippen LogP contribution is 2.33. The van der Waals surface area contributed by atoms with Gasteiger partial charge in [-0.3, -0.25) is 0 Å². The van der Waals surface area contributed by atoms with Crippen LogP contribution < -0.4 is 5.32 Å². The second kappa shape index (κ2) is 6.78. The summed E-state index contributed by atoms with van der Waals surface area (Å²) in [4.78, 5) is 9.02. The van der Waals surface area contributed by atoms with E-state index in [1.807, 2.05) is 48.8 Å². The van der Waals surface area contributed by atoms with Crippen LogP contribution in [0.2, 0.25) is 0 Å². The van der Waals surface area contributed by atoms with Crippen LogP contribution in [-0.2, 0) is 5.41 Å². The molecule has 6 nitrogen and oxygen atoms in total. The molecule has 1 N–H and O–H groups in total. The van der Waals surface area contributed by atoms with E-state index in [9.17, 15) is 0 Å². The summed E-state index contributed by atoms with van der Waals surface area (Å²) >= 11 is 0. The summed E-state index contributed by atoms with van der Waals surface area (Å²) in [5, 5.41) is 13.8. The molecule has 2 unspecified atom stereocenters. The first-order valence-corrected chi connectivity index (χ1v) is 8.16. The summed E-state index contributed by atoms with van der Waals surface area (Å²) in [7, 11) is 0. The minimum absolute atomic E-state index is 0. The quantitative estimate of drug-likeness (QED) is 0.849. The van der Waals surface area contributed by atoms with Gasteiger partial charge in [-0.1, -0.05) is 25.1 Å². The maximum atomic E-state index is 4.69. The van der Waals surface area contributed by atoms with Crippen molar-refractivity contribution in [3.63, 3.8) is 0 Å². The van der Waals surface area contributed by atoms with Crippen LogP contribution >= 0.6 is 0 Å². The van der Waals surface area contributed by atoms with E-state index in [1.54, 1.807) is 11.3 Å². The minimum Gasteiger partial charge on any atom is -0.324 e. The predicted molar refractivity (Wildman–Crippen MR) is 99.8 cm³/mol. The molecule has 0 aliphatic carbocycles. The Labute approximate surface area is 143 Å². The zero-order valence-electron chi connectivity index (χ0n) is 14.2. The van der Waals surface area contributed by atoms with Gasteiger partial charge in [0.1, 0.15) is 0 Å². The number of aromatic nitrogens is 2. The second-order valence-corrected chi connectivity index (χ2v) is 5.99. The fourth-order valence-corrected chi connectivity index (χ4v) is 2.57. The van der Waals surface area contributed by atoms with Crippen molar-refractivity contribution in [2.24, 2.45) is 10.2 Å². The maximum Gasteiger partial charge on any atom is 0.227 e. The zero-order valence-corrected chi connectivity index (χ0v) is 14.2. The number of nitrogens with one attached hydrogen (secondary N) is 1. The molecular formula is C18H24N6. The Morgan fingerprint density at radius 2 is 2.12 bits per heavy atom. The van der Waals surface area contributed by atoms with Gasteiger partial charge < -0.3 is 5.32 Å². The molecule has 6 heteroatoms. The number of para-hydroxylation sites is 1. The SMILES string of the molecule is CC/C=N\N1N=CC(C)(c2ccnc(Nc3ccccc3)n2)C1C.[HH]. The monoisotopic (exact) mass is 324 g/mol. The molecule has 2 aromatic rings. The van der Waals surface area contributed by atoms with E-state index in [0.29, 0.717) is 5.95 Å². The molecule has 0 fully saturated rings. The summed E-state index contributed by atoms with van der Waals surface area (Å²) in [5.74, 6) is 0.580. The van der Waals surface area contributed by atoms with Gasteiger partial charge in [-0.15, -0.1) is 0 Å². The Bertz CT molecular complexity index is 748. The molecule has 3 rings (SSSR count). The van der Waals surface area contributed by atoms with Crippen molar-refractivity contribution in [2.45, 2.75) is 38.6 Å². The van der Waals surface area contributed by atoms with Gasteiger partial charge in [-0.25, -0.2) is 9.97 Å². The van der Waals surface area contributed by atoms with E-state index in [4.69, 9.17) is 4.98 Å². The predicted octanol–water partition coefficient (Wildman–Crippen LogP) is 3.81. The Hall–Kier alpha value is -2.76. The van der Waals surface area contributed by atoms with Crippen molar-refractivity contribution in [1.29, 1.82) is 0 Å². The number of benzene rings is 1. The van der Waals surface area contributed by atoms with Crippen LogP contribution in [0.15, 0.2) is 52.8 Å². The standard InChI is InChI=1S/C18H22N6.H2/c1-4-11-20-24-14(2)18(3,13-21-24)16-10-12-19-17(23-16)22-15-8-6-5-7-9-15;/h5-14H,4H2,1-3H3,(H,19,22,23);1H/b20-11-;. The third kappa shape index (κ3) is 3.13. The lowest BCUT2D eigenvalue weighted by Gasteiger charge is -2.28. The highest BCUT2D eigenvalue weighted by Gasteiger charge is 2.41. The average Bonchev–Trinajstić information content (AvgIpc) is 2.90. The lowest BCUT2D eigenvalue weighted by Crippen LogP contribution is -2.39. The molecule has 0 radical (unpaired) electrons. The molecule has 1 aromatic carbocycles. The van der Waals surface area contributed by atoms with E-state index in [1.165, 1.54) is 0 Å². The lowest BCUT2D eigenvalue weighted by atomic mass is 9.82. The summed E-state index contributed by atoms with van der Waals surface area (Å²) in [5.41, 5.74) is 1.56. The number of nitrogens with zero attached hydrogens (tertiary/aromatic N) is 5. The molecular weight excluding hydrogens is 300 g/mol. The normalized spacial score (nSPS) is 23.1. The lowest BCUT2D eigenvalue weighted by molar-refractivity contribution is 0.213. The van der Waals surface area contributed by atoms with E-state index in [-0.39, 0.29) is 12.9 Å². The third-order valence-electron chi connectivity index (χ3n) is 4.28. The maximum absolute atomic E-state index is 4.69. The molecule has 2 heterocycles. The van der Waals surface area contributed by atoms with Crippen LogP contribution in [0.4, 0.5) is 11.6 Å². The first-order valence-electron chi connectivity index (χ1n) is 8.16. The number of hydrogen-bond acceptors (Lipinski definition) is 6. The van der Waals surface area contributed by atoms with E-state index in [2.05, 4.69) is 41.3 Å². The Morgan fingerprint density at radius 1 is 1.33 bits per heavy atom. The molecule has 0 saturated heterocycles. The van der Waals surface area contributed by atoms with Crippen LogP contribution in [0.25, 0.3) is 0 Å². The van der Waals surface area contributed by atoms with Crippen molar-refractivity contribution in [3.8, 4) is 0 Å². The third-order valence-corrected chi connectivity index (χ3v) is 4.28. The minimum atomic E-state index is -0.318. The number of rotatable bonds is 5. The molecule has 0 spiro atoms. The Morgan fingerprint density at radius 3 is 2.88 bits per heavy atom. The molecule has 0 amide bonds. The highest BCUT2D eigenvalue weighted by molar-refractivity contribution is 5.75. The van der Waals surface area contributed by atoms with Gasteiger partial charge in [0.2, 0.25) is 5.95 Å². The number of hydrogen-bond donors (Lipinski definition) is 1. The summed E-state index contributed by atoms with van der Waals surface area (Å²) in [6, 6.07) is 11.9. The Kier molecular flexibility index (Phi) is 4.55. The first-order chi connectivity index (χ1) is 11.6. The van der Waals surface area contributed by atoms with Gasteiger partial charge in [0.25, 0.3) is 0 Å². The summed E-state index contributed by atoms with van der Waals surface area (Å²) < 4.78 is 0. The topological polar surface area (TPSA) is 65.8 Å². The van der Waals surface area contributed by atoms with Crippen LogP contribution in [0.3, 0.4) is 0 Å². The van der Waals surface area contributed by atoms with Crippen LogP contribution in [-0.4, -0.2) is 33.6 Å². The van der Waals surface area contributed by atoms with Crippen LogP contribution in [0.5, 0.6) is 0 Å². The van der Waals surface area contributed by atoms with Gasteiger partial charge >= 0.3 is 0 Å². The fourth-order valence-electron chi connectivity index (χ4n) is 2.57. The van der Waals surface area contributed by atoms with Crippen molar-refractivity contribution >= 4 is 24.1 Å². The van der Waals surface area contributed by atoms with Crippen molar-refractivity contribution < 1.29 is 1.43 Å². The molecule has 24 heavy (non-hydrogen) atoms. The number of hydrazone groups is 2. The molecule has 0 bridgehead atoms. The Balaban J connectivity index is 0.00000225.